The molecule has 0 bridgehead atoms. The molecule has 98 heavy (non-hydrogen) atoms. The van der Waals surface area contributed by atoms with Crippen molar-refractivity contribution in [1.82, 2.24) is 19.2 Å². The van der Waals surface area contributed by atoms with Gasteiger partial charge in [0.1, 0.15) is 41.0 Å². The van der Waals surface area contributed by atoms with E-state index in [1.165, 1.54) is 71.4 Å². The number of aliphatic hydroxyl groups is 2. The van der Waals surface area contributed by atoms with Gasteiger partial charge in [-0.1, -0.05) is 70.2 Å². The van der Waals surface area contributed by atoms with Gasteiger partial charge in [-0.25, -0.2) is 31.0 Å². The van der Waals surface area contributed by atoms with Crippen LogP contribution in [0.1, 0.15) is 58.6 Å². The summed E-state index contributed by atoms with van der Waals surface area (Å²) in [7, 11) is -13.1. The van der Waals surface area contributed by atoms with Gasteiger partial charge in [-0.15, -0.1) is 0 Å². The van der Waals surface area contributed by atoms with E-state index in [0.29, 0.717) is 60.2 Å². The van der Waals surface area contributed by atoms with Gasteiger partial charge in [0.2, 0.25) is 26.4 Å². The van der Waals surface area contributed by atoms with Crippen molar-refractivity contribution in [3.8, 4) is 28.7 Å². The number of benzene rings is 5. The molecule has 11 atom stereocenters. The molecule has 0 aromatic heterocycles. The van der Waals surface area contributed by atoms with Crippen molar-refractivity contribution in [2.45, 2.75) is 119 Å². The highest BCUT2D eigenvalue weighted by Gasteiger charge is 2.46. The number of amides is 2. The van der Waals surface area contributed by atoms with Crippen LogP contribution in [0.25, 0.3) is 0 Å². The first kappa shape index (κ1) is 77.3. The minimum atomic E-state index is -4.37. The van der Waals surface area contributed by atoms with E-state index < -0.39 is 103 Å². The number of nitrogens with zero attached hydrogens (tertiary/aromatic N) is 2. The van der Waals surface area contributed by atoms with Gasteiger partial charge < -0.3 is 82.5 Å². The minimum absolute atomic E-state index is 0.0283. The molecule has 9 rings (SSSR count). The van der Waals surface area contributed by atoms with Crippen molar-refractivity contribution in [3.05, 3.63) is 139 Å². The summed E-state index contributed by atoms with van der Waals surface area (Å²) in [6, 6.07) is 31.7. The van der Waals surface area contributed by atoms with Crippen LogP contribution in [0, 0.1) is 23.7 Å². The zero-order valence-electron chi connectivity index (χ0n) is 55.7. The molecule has 4 unspecified atom stereocenters. The van der Waals surface area contributed by atoms with E-state index in [4.69, 9.17) is 66.2 Å². The van der Waals surface area contributed by atoms with Crippen LogP contribution in [0.2, 0.25) is 0 Å². The van der Waals surface area contributed by atoms with Crippen LogP contribution in [-0.2, 0) is 75.0 Å². The number of ether oxygens (including phenoxy) is 10. The molecule has 0 spiro atoms. The third-order valence-corrected chi connectivity index (χ3v) is 21.9. The third kappa shape index (κ3) is 22.5. The Kier molecular flexibility index (Phi) is 28.2. The van der Waals surface area contributed by atoms with E-state index in [0.717, 1.165) is 0 Å². The van der Waals surface area contributed by atoms with Crippen LogP contribution in [0.3, 0.4) is 0 Å². The fraction of sp³-hybridized carbons (Fsp3) is 0.515. The molecular weight excluding hydrogens is 1360 g/mol. The Morgan fingerprint density at radius 2 is 0.949 bits per heavy atom. The van der Waals surface area contributed by atoms with Crippen molar-refractivity contribution in [3.63, 3.8) is 0 Å². The highest BCUT2D eigenvalue weighted by Crippen LogP contribution is 2.48. The van der Waals surface area contributed by atoms with E-state index in [1.54, 1.807) is 79.7 Å². The molecule has 6 N–H and O–H groups in total. The molecule has 4 saturated heterocycles. The van der Waals surface area contributed by atoms with Crippen LogP contribution in [0.4, 0.5) is 9.59 Å². The number of sulfonamides is 2. The number of hydrogen-bond acceptors (Lipinski definition) is 22. The van der Waals surface area contributed by atoms with Gasteiger partial charge in [0.25, 0.3) is 0 Å². The van der Waals surface area contributed by atoms with Gasteiger partial charge in [0, 0.05) is 26.2 Å². The average Bonchev–Trinajstić information content (AvgIpc) is 0.860. The summed E-state index contributed by atoms with van der Waals surface area (Å²) in [5, 5.41) is 28.7. The highest BCUT2D eigenvalue weighted by atomic mass is 32.2. The molecule has 4 aliphatic rings. The SMILES string of the molecule is CCOP(=O)(COc1ccc(C[C@H](NC(=O)O[C@H]2CO[C@H]3OCCC32)[C@H](O)CN(CC(C)C)S(=O)(=O)c2ccc(OC)cc2)cc1)Oc1ccccc1.COc1ccc(S(=O)(=O)N(CC(C)C)C[C@@H](O)[C@H](Cc2ccc(OCP(=O)(O)O)cc2)NC(=O)O[C@H]2COC3OCCC32)cc1. The van der Waals surface area contributed by atoms with Gasteiger partial charge in [0.15, 0.2) is 18.9 Å². The zero-order valence-corrected chi connectivity index (χ0v) is 59.1. The number of rotatable bonds is 34. The summed E-state index contributed by atoms with van der Waals surface area (Å²) in [5.41, 5.74) is 1.32. The van der Waals surface area contributed by atoms with Crippen LogP contribution >= 0.6 is 15.2 Å². The van der Waals surface area contributed by atoms with Gasteiger partial charge >= 0.3 is 27.4 Å². The van der Waals surface area contributed by atoms with Gasteiger partial charge in [-0.3, -0.25) is 9.09 Å². The lowest BCUT2D eigenvalue weighted by Crippen LogP contribution is -2.51. The second-order valence-electron chi connectivity index (χ2n) is 24.7. The van der Waals surface area contributed by atoms with Crippen LogP contribution in [-0.4, -0.2) is 193 Å². The summed E-state index contributed by atoms with van der Waals surface area (Å²) in [4.78, 5) is 44.6. The van der Waals surface area contributed by atoms with E-state index in [2.05, 4.69) is 10.6 Å². The standard InChI is InChI=1S/C37H49N2O12PS.C29H41N2O12PS/c1-5-49-52(42,51-30-9-7-6-8-10-30)25-48-29-13-11-27(12-14-29)21-33(38-37(41)50-35-24-47-36-32(35)19-20-46-36)34(40)23-39(22-26(2)3)53(43,44)31-17-15-28(45-4)16-18-31;1-19(2)15-31(45(37,38)23-10-8-21(39-3)9-11-23)16-26(32)25(14-20-4-6-22(7-5-20)42-18-44(34,35)36)30-29(33)43-27-17-41-28-24(27)12-13-40-28/h6-18,26,32-36,40H,5,19-25H2,1-4H3,(H,38,41);4-11,19,24-28,32H,12-18H2,1-3H3,(H,30,33)(H2,34,35,36)/t32?,33-,34+,35-,36+,52?;24?,25-,26+,27-,28?/m00/s1. The number of aliphatic hydroxyl groups excluding tert-OH is 2. The number of alkyl carbamates (subject to hydrolysis) is 2. The summed E-state index contributed by atoms with van der Waals surface area (Å²) in [5.74, 6) is 1.65. The predicted molar refractivity (Wildman–Crippen MR) is 357 cm³/mol. The minimum Gasteiger partial charge on any atom is -0.497 e. The largest absolute Gasteiger partial charge is 0.497 e. The Morgan fingerprint density at radius 3 is 1.33 bits per heavy atom. The van der Waals surface area contributed by atoms with Crippen molar-refractivity contribution in [2.75, 3.05) is 86.1 Å². The predicted octanol–water partition coefficient (Wildman–Crippen LogP) is 7.76. The summed E-state index contributed by atoms with van der Waals surface area (Å²) in [6.45, 7) is 10.3. The first-order valence-electron chi connectivity index (χ1n) is 32.2. The van der Waals surface area contributed by atoms with E-state index in [1.807, 2.05) is 33.8 Å². The number of fused-ring (bicyclic) bond motifs is 2. The van der Waals surface area contributed by atoms with E-state index >= 15 is 0 Å². The molecule has 0 saturated carbocycles. The molecule has 32 heteroatoms. The molecule has 28 nitrogen and oxygen atoms in total. The molecular formula is C66H90N4O24P2S2. The maximum Gasteiger partial charge on any atom is 0.416 e. The molecule has 0 radical (unpaired) electrons. The van der Waals surface area contributed by atoms with Gasteiger partial charge in [-0.05, 0) is 140 Å². The first-order valence-corrected chi connectivity index (χ1v) is 38.6. The molecule has 540 valence electrons. The first-order chi connectivity index (χ1) is 46.6. The number of carbonyl (C=O) groups excluding carboxylic acids is 2. The van der Waals surface area contributed by atoms with E-state index in [9.17, 15) is 45.8 Å². The second-order valence-corrected chi connectivity index (χ2v) is 32.1. The molecule has 4 fully saturated rings. The van der Waals surface area contributed by atoms with Crippen molar-refractivity contribution >= 4 is 47.4 Å². The number of para-hydroxylation sites is 1. The monoisotopic (exact) mass is 1450 g/mol. The van der Waals surface area contributed by atoms with Crippen molar-refractivity contribution in [2.24, 2.45) is 23.7 Å². The molecule has 4 aliphatic heterocycles. The quantitative estimate of drug-likeness (QED) is 0.0214. The molecule has 2 amide bonds. The summed E-state index contributed by atoms with van der Waals surface area (Å²) >= 11 is 0. The Labute approximate surface area is 572 Å². The molecule has 5 aromatic rings. The Bertz CT molecular complexity index is 3660. The number of methoxy groups -OCH3 is 2. The maximum absolute atomic E-state index is 13.8. The Morgan fingerprint density at radius 1 is 0.551 bits per heavy atom. The van der Waals surface area contributed by atoms with Crippen LogP contribution in [0.15, 0.2) is 137 Å². The molecule has 0 aliphatic carbocycles. The fourth-order valence-corrected chi connectivity index (χ4v) is 16.2. The van der Waals surface area contributed by atoms with Gasteiger partial charge in [-0.2, -0.15) is 8.61 Å². The topological polar surface area (TPSA) is 359 Å². The highest BCUT2D eigenvalue weighted by molar-refractivity contribution is 7.89. The van der Waals surface area contributed by atoms with Crippen molar-refractivity contribution in [1.29, 1.82) is 0 Å². The maximum atomic E-state index is 13.8. The summed E-state index contributed by atoms with van der Waals surface area (Å²) in [6.07, 6.45) is -5.75. The average molecular weight is 1450 g/mol. The Hall–Kier alpha value is -6.44. The molecule has 4 heterocycles. The Balaban J connectivity index is 0.000000253. The lowest BCUT2D eigenvalue weighted by Gasteiger charge is -2.31. The van der Waals surface area contributed by atoms with Crippen LogP contribution < -0.4 is 34.1 Å². The summed E-state index contributed by atoms with van der Waals surface area (Å²) < 4.78 is 148. The normalized spacial score (nSPS) is 21.0. The van der Waals surface area contributed by atoms with Crippen molar-refractivity contribution < 1.29 is 112 Å². The van der Waals surface area contributed by atoms with Gasteiger partial charge in [0.05, 0.1) is 93.2 Å². The lowest BCUT2D eigenvalue weighted by atomic mass is 10.0. The molecule has 5 aromatic carbocycles. The number of hydrogen-bond donors (Lipinski definition) is 6. The smallest absolute Gasteiger partial charge is 0.416 e. The van der Waals surface area contributed by atoms with Crippen LogP contribution in [0.5, 0.6) is 28.7 Å². The fourth-order valence-electron chi connectivity index (χ4n) is 11.3. The van der Waals surface area contributed by atoms with E-state index in [-0.39, 0.29) is 104 Å². The number of carbonyl (C=O) groups is 2. The zero-order chi connectivity index (χ0) is 70.8. The number of nitrogens with one attached hydrogen (secondary N) is 2. The lowest BCUT2D eigenvalue weighted by molar-refractivity contribution is -0.0909. The third-order valence-electron chi connectivity index (χ3n) is 16.2. The second kappa shape index (κ2) is 35.7.